The number of para-hydroxylation sites is 1. The molecule has 4 rings (SSSR count). The van der Waals surface area contributed by atoms with Crippen molar-refractivity contribution in [1.82, 2.24) is 0 Å². The Kier molecular flexibility index (Phi) is 4.94. The smallest absolute Gasteiger partial charge is 0.232 e. The number of carbonyl (C=O) groups is 2. The standard InChI is InChI=1S/C22H24N2O4/c1-27-17-9-10-20(28-2)19(13-17)24-14-16(12-21(24)25)22(26)23-11-5-7-15-6-3-4-8-18(15)23/h3-4,6,8-10,13,16H,5,7,11-12,14H2,1-2H3/t16-/m0/s1. The fraction of sp³-hybridized carbons (Fsp3) is 0.364. The Bertz CT molecular complexity index is 911. The summed E-state index contributed by atoms with van der Waals surface area (Å²) in [4.78, 5) is 29.5. The van der Waals surface area contributed by atoms with Crippen LogP contribution in [0.4, 0.5) is 11.4 Å². The van der Waals surface area contributed by atoms with Crippen LogP contribution in [0.25, 0.3) is 0 Å². The molecular formula is C22H24N2O4. The SMILES string of the molecule is COc1ccc(OC)c(N2C[C@@H](C(=O)N3CCCc4ccccc43)CC2=O)c1. The van der Waals surface area contributed by atoms with Gasteiger partial charge in [-0.2, -0.15) is 0 Å². The molecule has 6 heteroatoms. The third kappa shape index (κ3) is 3.19. The van der Waals surface area contributed by atoms with Gasteiger partial charge >= 0.3 is 0 Å². The number of nitrogens with zero attached hydrogens (tertiary/aromatic N) is 2. The Morgan fingerprint density at radius 3 is 2.68 bits per heavy atom. The predicted octanol–water partition coefficient (Wildman–Crippen LogP) is 3.04. The van der Waals surface area contributed by atoms with Gasteiger partial charge in [0.25, 0.3) is 0 Å². The Labute approximate surface area is 164 Å². The molecule has 2 aromatic carbocycles. The van der Waals surface area contributed by atoms with Crippen LogP contribution in [-0.4, -0.2) is 39.1 Å². The molecule has 2 aliphatic rings. The molecule has 0 aliphatic carbocycles. The zero-order valence-electron chi connectivity index (χ0n) is 16.2. The number of benzene rings is 2. The average Bonchev–Trinajstić information content (AvgIpc) is 3.13. The van der Waals surface area contributed by atoms with Crippen LogP contribution >= 0.6 is 0 Å². The molecule has 0 radical (unpaired) electrons. The maximum atomic E-state index is 13.3. The van der Waals surface area contributed by atoms with Crippen LogP contribution in [-0.2, 0) is 16.0 Å². The lowest BCUT2D eigenvalue weighted by Crippen LogP contribution is -2.40. The number of aryl methyl sites for hydroxylation is 1. The molecule has 2 amide bonds. The van der Waals surface area contributed by atoms with Gasteiger partial charge in [-0.05, 0) is 36.6 Å². The summed E-state index contributed by atoms with van der Waals surface area (Å²) in [6, 6.07) is 13.4. The number of amides is 2. The summed E-state index contributed by atoms with van der Waals surface area (Å²) < 4.78 is 10.7. The molecule has 0 bridgehead atoms. The predicted molar refractivity (Wildman–Crippen MR) is 107 cm³/mol. The highest BCUT2D eigenvalue weighted by Crippen LogP contribution is 2.37. The maximum absolute atomic E-state index is 13.3. The fourth-order valence-corrected chi connectivity index (χ4v) is 4.10. The van der Waals surface area contributed by atoms with E-state index in [-0.39, 0.29) is 24.2 Å². The lowest BCUT2D eigenvalue weighted by molar-refractivity contribution is -0.124. The number of methoxy groups -OCH3 is 2. The van der Waals surface area contributed by atoms with Crippen molar-refractivity contribution in [3.63, 3.8) is 0 Å². The van der Waals surface area contributed by atoms with Gasteiger partial charge in [-0.25, -0.2) is 0 Å². The topological polar surface area (TPSA) is 59.1 Å². The van der Waals surface area contributed by atoms with Crippen LogP contribution in [0.2, 0.25) is 0 Å². The Morgan fingerprint density at radius 1 is 1.07 bits per heavy atom. The van der Waals surface area contributed by atoms with Crippen molar-refractivity contribution in [3.8, 4) is 11.5 Å². The van der Waals surface area contributed by atoms with Crippen molar-refractivity contribution >= 4 is 23.2 Å². The Hall–Kier alpha value is -3.02. The fourth-order valence-electron chi connectivity index (χ4n) is 4.10. The summed E-state index contributed by atoms with van der Waals surface area (Å²) in [7, 11) is 3.15. The van der Waals surface area contributed by atoms with Gasteiger partial charge in [0, 0.05) is 31.3 Å². The highest BCUT2D eigenvalue weighted by atomic mass is 16.5. The maximum Gasteiger partial charge on any atom is 0.232 e. The van der Waals surface area contributed by atoms with Gasteiger partial charge in [0.15, 0.2) is 0 Å². The summed E-state index contributed by atoms with van der Waals surface area (Å²) in [6.45, 7) is 1.04. The van der Waals surface area contributed by atoms with E-state index in [1.165, 1.54) is 5.56 Å². The number of hydrogen-bond acceptors (Lipinski definition) is 4. The quantitative estimate of drug-likeness (QED) is 0.818. The van der Waals surface area contributed by atoms with Crippen molar-refractivity contribution in [2.45, 2.75) is 19.3 Å². The van der Waals surface area contributed by atoms with Gasteiger partial charge in [-0.15, -0.1) is 0 Å². The van der Waals surface area contributed by atoms with Crippen LogP contribution in [0, 0.1) is 5.92 Å². The summed E-state index contributed by atoms with van der Waals surface area (Å²) in [5.74, 6) is 0.809. The monoisotopic (exact) mass is 380 g/mol. The van der Waals surface area contributed by atoms with Gasteiger partial charge in [-0.3, -0.25) is 9.59 Å². The molecule has 0 spiro atoms. The third-order valence-electron chi connectivity index (χ3n) is 5.53. The highest BCUT2D eigenvalue weighted by Gasteiger charge is 2.39. The Balaban J connectivity index is 1.58. The van der Waals surface area contributed by atoms with E-state index < -0.39 is 0 Å². The molecule has 2 heterocycles. The molecule has 2 aromatic rings. The first kappa shape index (κ1) is 18.3. The average molecular weight is 380 g/mol. The van der Waals surface area contributed by atoms with Crippen LogP contribution in [0.15, 0.2) is 42.5 Å². The zero-order chi connectivity index (χ0) is 19.7. The summed E-state index contributed by atoms with van der Waals surface area (Å²) in [6.07, 6.45) is 2.13. The summed E-state index contributed by atoms with van der Waals surface area (Å²) >= 11 is 0. The summed E-state index contributed by atoms with van der Waals surface area (Å²) in [5, 5.41) is 0. The van der Waals surface area contributed by atoms with E-state index in [1.807, 2.05) is 23.1 Å². The second-order valence-electron chi connectivity index (χ2n) is 7.17. The first-order valence-corrected chi connectivity index (χ1v) is 9.54. The lowest BCUT2D eigenvalue weighted by atomic mass is 9.99. The molecule has 2 aliphatic heterocycles. The van der Waals surface area contributed by atoms with E-state index in [4.69, 9.17) is 9.47 Å². The number of rotatable bonds is 4. The molecule has 6 nitrogen and oxygen atoms in total. The zero-order valence-corrected chi connectivity index (χ0v) is 16.2. The van der Waals surface area contributed by atoms with E-state index >= 15 is 0 Å². The largest absolute Gasteiger partial charge is 0.497 e. The van der Waals surface area contributed by atoms with Crippen LogP contribution < -0.4 is 19.3 Å². The van der Waals surface area contributed by atoms with Crippen molar-refractivity contribution in [1.29, 1.82) is 0 Å². The van der Waals surface area contributed by atoms with Gasteiger partial charge in [-0.1, -0.05) is 18.2 Å². The third-order valence-corrected chi connectivity index (χ3v) is 5.53. The van der Waals surface area contributed by atoms with Gasteiger partial charge < -0.3 is 19.3 Å². The minimum absolute atomic E-state index is 0.0184. The highest BCUT2D eigenvalue weighted by molar-refractivity contribution is 6.05. The van der Waals surface area contributed by atoms with E-state index in [1.54, 1.807) is 37.3 Å². The number of fused-ring (bicyclic) bond motifs is 1. The summed E-state index contributed by atoms with van der Waals surface area (Å²) in [5.41, 5.74) is 2.81. The van der Waals surface area contributed by atoms with Crippen molar-refractivity contribution in [2.75, 3.05) is 37.1 Å². The second kappa shape index (κ2) is 7.54. The lowest BCUT2D eigenvalue weighted by Gasteiger charge is -2.31. The number of carbonyl (C=O) groups excluding carboxylic acids is 2. The van der Waals surface area contributed by atoms with Gasteiger partial charge in [0.1, 0.15) is 11.5 Å². The van der Waals surface area contributed by atoms with Crippen LogP contribution in [0.3, 0.4) is 0 Å². The number of anilines is 2. The molecule has 0 unspecified atom stereocenters. The molecule has 0 saturated carbocycles. The van der Waals surface area contributed by atoms with Crippen LogP contribution in [0.1, 0.15) is 18.4 Å². The van der Waals surface area contributed by atoms with E-state index in [0.717, 1.165) is 18.5 Å². The van der Waals surface area contributed by atoms with Crippen molar-refractivity contribution in [2.24, 2.45) is 5.92 Å². The molecule has 28 heavy (non-hydrogen) atoms. The van der Waals surface area contributed by atoms with Gasteiger partial charge in [0.2, 0.25) is 11.8 Å². The molecule has 0 aromatic heterocycles. The first-order valence-electron chi connectivity index (χ1n) is 9.54. The molecule has 1 fully saturated rings. The number of hydrogen-bond donors (Lipinski definition) is 0. The van der Waals surface area contributed by atoms with Crippen molar-refractivity contribution < 1.29 is 19.1 Å². The number of ether oxygens (including phenoxy) is 2. The normalized spacial score (nSPS) is 18.8. The Morgan fingerprint density at radius 2 is 1.89 bits per heavy atom. The minimum atomic E-state index is -0.366. The van der Waals surface area contributed by atoms with Gasteiger partial charge in [0.05, 0.1) is 25.8 Å². The van der Waals surface area contributed by atoms with E-state index in [2.05, 4.69) is 6.07 Å². The van der Waals surface area contributed by atoms with Crippen molar-refractivity contribution in [3.05, 3.63) is 48.0 Å². The van der Waals surface area contributed by atoms with Crippen LogP contribution in [0.5, 0.6) is 11.5 Å². The second-order valence-corrected chi connectivity index (χ2v) is 7.17. The molecule has 1 atom stereocenters. The first-order chi connectivity index (χ1) is 13.6. The van der Waals surface area contributed by atoms with E-state index in [9.17, 15) is 9.59 Å². The molecule has 1 saturated heterocycles. The van der Waals surface area contributed by atoms with E-state index in [0.29, 0.717) is 30.3 Å². The molecule has 0 N–H and O–H groups in total. The minimum Gasteiger partial charge on any atom is -0.497 e. The molecular weight excluding hydrogens is 356 g/mol. The molecule has 146 valence electrons.